The van der Waals surface area contributed by atoms with Crippen molar-refractivity contribution in [3.63, 3.8) is 0 Å². The summed E-state index contributed by atoms with van der Waals surface area (Å²) in [6, 6.07) is -0.725. The molecule has 1 aliphatic carbocycles. The van der Waals surface area contributed by atoms with Crippen LogP contribution in [0.5, 0.6) is 0 Å². The first-order valence-electron chi connectivity index (χ1n) is 7.52. The van der Waals surface area contributed by atoms with E-state index in [-0.39, 0.29) is 24.3 Å². The summed E-state index contributed by atoms with van der Waals surface area (Å²) < 4.78 is 0. The van der Waals surface area contributed by atoms with Gasteiger partial charge in [-0.05, 0) is 24.7 Å². The van der Waals surface area contributed by atoms with Crippen LogP contribution in [0.2, 0.25) is 0 Å². The summed E-state index contributed by atoms with van der Waals surface area (Å²) in [7, 11) is 0. The largest absolute Gasteiger partial charge is 0.480 e. The highest BCUT2D eigenvalue weighted by Gasteiger charge is 2.49. The molecule has 0 spiro atoms. The molecule has 6 heteroatoms. The van der Waals surface area contributed by atoms with Gasteiger partial charge in [-0.25, -0.2) is 4.79 Å². The quantitative estimate of drug-likeness (QED) is 0.808. The maximum absolute atomic E-state index is 12.3. The molecule has 6 nitrogen and oxygen atoms in total. The molecule has 2 N–H and O–H groups in total. The van der Waals surface area contributed by atoms with E-state index in [1.807, 2.05) is 0 Å². The lowest BCUT2D eigenvalue weighted by molar-refractivity contribution is -0.149. The van der Waals surface area contributed by atoms with Gasteiger partial charge < -0.3 is 15.3 Å². The van der Waals surface area contributed by atoms with Gasteiger partial charge in [0.1, 0.15) is 6.04 Å². The SMILES string of the molecule is CC(C)(C)C(=O)NCC(=O)N1CC2CCCC2C1C(=O)O. The molecule has 21 heavy (non-hydrogen) atoms. The number of hydrogen-bond acceptors (Lipinski definition) is 3. The number of carboxylic acid groups (broad SMARTS) is 1. The molecule has 1 saturated carbocycles. The Morgan fingerprint density at radius 1 is 1.24 bits per heavy atom. The summed E-state index contributed by atoms with van der Waals surface area (Å²) in [5.41, 5.74) is -0.562. The van der Waals surface area contributed by atoms with Crippen LogP contribution in [-0.4, -0.2) is 46.9 Å². The number of carbonyl (C=O) groups is 3. The monoisotopic (exact) mass is 296 g/mol. The predicted molar refractivity (Wildman–Crippen MR) is 76.4 cm³/mol. The lowest BCUT2D eigenvalue weighted by atomic mass is 9.94. The van der Waals surface area contributed by atoms with Crippen molar-refractivity contribution in [2.75, 3.05) is 13.1 Å². The number of carboxylic acids is 1. The molecule has 118 valence electrons. The third-order valence-corrected chi connectivity index (χ3v) is 4.55. The van der Waals surface area contributed by atoms with E-state index in [9.17, 15) is 19.5 Å². The van der Waals surface area contributed by atoms with E-state index in [0.29, 0.717) is 12.5 Å². The van der Waals surface area contributed by atoms with Crippen LogP contribution in [-0.2, 0) is 14.4 Å². The van der Waals surface area contributed by atoms with Crippen molar-refractivity contribution < 1.29 is 19.5 Å². The summed E-state index contributed by atoms with van der Waals surface area (Å²) in [4.78, 5) is 37.0. The number of nitrogens with zero attached hydrogens (tertiary/aromatic N) is 1. The molecule has 0 aromatic heterocycles. The molecule has 0 bridgehead atoms. The van der Waals surface area contributed by atoms with Gasteiger partial charge in [0.2, 0.25) is 11.8 Å². The lowest BCUT2D eigenvalue weighted by Gasteiger charge is -2.25. The number of aliphatic carboxylic acids is 1. The molecule has 3 unspecified atom stereocenters. The van der Waals surface area contributed by atoms with E-state index in [2.05, 4.69) is 5.32 Å². The van der Waals surface area contributed by atoms with Crippen LogP contribution in [0, 0.1) is 17.3 Å². The van der Waals surface area contributed by atoms with Gasteiger partial charge in [-0.1, -0.05) is 27.2 Å². The van der Waals surface area contributed by atoms with Crippen LogP contribution >= 0.6 is 0 Å². The van der Waals surface area contributed by atoms with Crippen molar-refractivity contribution in [3.05, 3.63) is 0 Å². The van der Waals surface area contributed by atoms with E-state index in [4.69, 9.17) is 0 Å². The lowest BCUT2D eigenvalue weighted by Crippen LogP contribution is -2.48. The topological polar surface area (TPSA) is 86.7 Å². The molecular weight excluding hydrogens is 272 g/mol. The summed E-state index contributed by atoms with van der Waals surface area (Å²) in [6.45, 7) is 5.69. The fraction of sp³-hybridized carbons (Fsp3) is 0.800. The Morgan fingerprint density at radius 3 is 2.48 bits per heavy atom. The molecule has 1 saturated heterocycles. The first-order valence-corrected chi connectivity index (χ1v) is 7.52. The van der Waals surface area contributed by atoms with Gasteiger partial charge in [0, 0.05) is 12.0 Å². The molecular formula is C15H24N2O4. The Balaban J connectivity index is 1.99. The normalized spacial score (nSPS) is 28.3. The Labute approximate surface area is 124 Å². The fourth-order valence-electron chi connectivity index (χ4n) is 3.40. The minimum Gasteiger partial charge on any atom is -0.480 e. The first-order chi connectivity index (χ1) is 9.71. The molecule has 0 aromatic rings. The molecule has 2 aliphatic rings. The maximum Gasteiger partial charge on any atom is 0.326 e. The average molecular weight is 296 g/mol. The van der Waals surface area contributed by atoms with Crippen molar-refractivity contribution in [2.24, 2.45) is 17.3 Å². The van der Waals surface area contributed by atoms with Gasteiger partial charge in [-0.15, -0.1) is 0 Å². The van der Waals surface area contributed by atoms with E-state index in [0.717, 1.165) is 19.3 Å². The number of rotatable bonds is 3. The van der Waals surface area contributed by atoms with Crippen molar-refractivity contribution >= 4 is 17.8 Å². The molecule has 0 radical (unpaired) electrons. The Bertz CT molecular complexity index is 455. The first kappa shape index (κ1) is 15.8. The fourth-order valence-corrected chi connectivity index (χ4v) is 3.40. The van der Waals surface area contributed by atoms with Crippen LogP contribution in [0.3, 0.4) is 0 Å². The van der Waals surface area contributed by atoms with Gasteiger partial charge in [-0.3, -0.25) is 9.59 Å². The molecule has 2 rings (SSSR count). The molecule has 2 amide bonds. The molecule has 3 atom stereocenters. The smallest absolute Gasteiger partial charge is 0.326 e. The van der Waals surface area contributed by atoms with Crippen molar-refractivity contribution in [1.29, 1.82) is 0 Å². The van der Waals surface area contributed by atoms with Gasteiger partial charge in [0.05, 0.1) is 6.54 Å². The molecule has 2 fully saturated rings. The standard InChI is InChI=1S/C15H24N2O4/c1-15(2,3)14(21)16-7-11(18)17-8-9-5-4-6-10(9)12(17)13(19)20/h9-10,12H,4-8H2,1-3H3,(H,16,21)(H,19,20). The number of hydrogen-bond donors (Lipinski definition) is 2. The van der Waals surface area contributed by atoms with Crippen LogP contribution < -0.4 is 5.32 Å². The predicted octanol–water partition coefficient (Wildman–Crippen LogP) is 0.860. The Kier molecular flexibility index (Phi) is 4.25. The van der Waals surface area contributed by atoms with E-state index < -0.39 is 17.4 Å². The molecule has 1 aliphatic heterocycles. The second kappa shape index (κ2) is 5.66. The van der Waals surface area contributed by atoms with E-state index >= 15 is 0 Å². The molecule has 1 heterocycles. The highest BCUT2D eigenvalue weighted by Crippen LogP contribution is 2.42. The summed E-state index contributed by atoms with van der Waals surface area (Å²) in [6.07, 6.45) is 2.91. The van der Waals surface area contributed by atoms with Crippen LogP contribution in [0.1, 0.15) is 40.0 Å². The zero-order valence-corrected chi connectivity index (χ0v) is 12.9. The van der Waals surface area contributed by atoms with Gasteiger partial charge >= 0.3 is 5.97 Å². The number of nitrogens with one attached hydrogen (secondary N) is 1. The summed E-state index contributed by atoms with van der Waals surface area (Å²) >= 11 is 0. The van der Waals surface area contributed by atoms with Gasteiger partial charge in [0.15, 0.2) is 0 Å². The Hall–Kier alpha value is -1.59. The van der Waals surface area contributed by atoms with Crippen LogP contribution in [0.15, 0.2) is 0 Å². The number of amides is 2. The minimum absolute atomic E-state index is 0.0739. The second-order valence-electron chi connectivity index (χ2n) is 7.12. The third kappa shape index (κ3) is 3.19. The van der Waals surface area contributed by atoms with E-state index in [1.165, 1.54) is 4.90 Å². The maximum atomic E-state index is 12.3. The van der Waals surface area contributed by atoms with Crippen LogP contribution in [0.25, 0.3) is 0 Å². The van der Waals surface area contributed by atoms with Crippen molar-refractivity contribution in [1.82, 2.24) is 10.2 Å². The average Bonchev–Trinajstić information content (AvgIpc) is 2.92. The zero-order chi connectivity index (χ0) is 15.8. The Morgan fingerprint density at radius 2 is 1.90 bits per heavy atom. The van der Waals surface area contributed by atoms with E-state index in [1.54, 1.807) is 20.8 Å². The van der Waals surface area contributed by atoms with Gasteiger partial charge in [-0.2, -0.15) is 0 Å². The third-order valence-electron chi connectivity index (χ3n) is 4.55. The minimum atomic E-state index is -0.931. The second-order valence-corrected chi connectivity index (χ2v) is 7.12. The van der Waals surface area contributed by atoms with Crippen LogP contribution in [0.4, 0.5) is 0 Å². The highest BCUT2D eigenvalue weighted by molar-refractivity contribution is 5.90. The summed E-state index contributed by atoms with van der Waals surface area (Å²) in [5, 5.41) is 12.0. The zero-order valence-electron chi connectivity index (χ0n) is 12.9. The number of carbonyl (C=O) groups excluding carboxylic acids is 2. The van der Waals surface area contributed by atoms with Crippen molar-refractivity contribution in [3.8, 4) is 0 Å². The number of fused-ring (bicyclic) bond motifs is 1. The number of likely N-dealkylation sites (tertiary alicyclic amines) is 1. The highest BCUT2D eigenvalue weighted by atomic mass is 16.4. The summed E-state index contributed by atoms with van der Waals surface area (Å²) in [5.74, 6) is -1.06. The van der Waals surface area contributed by atoms with Gasteiger partial charge in [0.25, 0.3) is 0 Å². The van der Waals surface area contributed by atoms with Crippen molar-refractivity contribution in [2.45, 2.75) is 46.1 Å². The molecule has 0 aromatic carbocycles.